The van der Waals surface area contributed by atoms with Crippen molar-refractivity contribution in [3.05, 3.63) is 59.7 Å². The van der Waals surface area contributed by atoms with Crippen molar-refractivity contribution in [3.8, 4) is 17.1 Å². The smallest absolute Gasteiger partial charge is 0.250 e. The van der Waals surface area contributed by atoms with Crippen LogP contribution >= 0.6 is 11.8 Å². The zero-order chi connectivity index (χ0) is 21.3. The number of methoxy groups -OCH3 is 1. The number of carbonyl (C=O) groups excluding carboxylic acids is 1. The highest BCUT2D eigenvalue weighted by molar-refractivity contribution is 7.99. The van der Waals surface area contributed by atoms with E-state index in [1.807, 2.05) is 47.9 Å². The van der Waals surface area contributed by atoms with Crippen molar-refractivity contribution in [2.45, 2.75) is 32.0 Å². The Kier molecular flexibility index (Phi) is 7.62. The maximum Gasteiger partial charge on any atom is 0.250 e. The molecule has 0 aliphatic heterocycles. The molecule has 0 radical (unpaired) electrons. The van der Waals surface area contributed by atoms with Crippen LogP contribution in [0, 0.1) is 0 Å². The highest BCUT2D eigenvalue weighted by atomic mass is 32.2. The van der Waals surface area contributed by atoms with Crippen LogP contribution in [0.4, 0.5) is 0 Å². The van der Waals surface area contributed by atoms with Crippen molar-refractivity contribution < 1.29 is 9.53 Å². The molecule has 8 heteroatoms. The summed E-state index contributed by atoms with van der Waals surface area (Å²) in [5.41, 5.74) is 5.71. The number of aromatic nitrogens is 3. The number of nitrogens with one attached hydrogen (secondary N) is 1. The van der Waals surface area contributed by atoms with Crippen molar-refractivity contribution in [3.63, 3.8) is 0 Å². The normalized spacial score (nSPS) is 11.0. The van der Waals surface area contributed by atoms with E-state index in [-0.39, 0.29) is 11.7 Å². The molecule has 0 spiro atoms. The largest absolute Gasteiger partial charge is 0.497 e. The number of thioether (sulfide) groups is 1. The van der Waals surface area contributed by atoms with Gasteiger partial charge in [0.25, 0.3) is 5.91 Å². The van der Waals surface area contributed by atoms with Crippen LogP contribution in [0.15, 0.2) is 58.8 Å². The number of hydrazone groups is 1. The van der Waals surface area contributed by atoms with Crippen LogP contribution in [0.5, 0.6) is 5.75 Å². The van der Waals surface area contributed by atoms with Crippen LogP contribution in [-0.2, 0) is 17.8 Å². The van der Waals surface area contributed by atoms with Crippen LogP contribution in [-0.4, -0.2) is 39.7 Å². The maximum absolute atomic E-state index is 12.1. The highest BCUT2D eigenvalue weighted by Crippen LogP contribution is 2.25. The Morgan fingerprint density at radius 3 is 2.50 bits per heavy atom. The molecule has 0 aliphatic rings. The fourth-order valence-corrected chi connectivity index (χ4v) is 3.61. The monoisotopic (exact) mass is 423 g/mol. The molecule has 1 heterocycles. The van der Waals surface area contributed by atoms with Gasteiger partial charge in [0.05, 0.1) is 19.1 Å². The molecule has 3 aromatic rings. The second-order valence-electron chi connectivity index (χ2n) is 6.46. The lowest BCUT2D eigenvalue weighted by molar-refractivity contribution is -0.118. The first-order valence-corrected chi connectivity index (χ1v) is 10.7. The Bertz CT molecular complexity index is 997. The summed E-state index contributed by atoms with van der Waals surface area (Å²) in [7, 11) is 1.63. The van der Waals surface area contributed by atoms with Crippen LogP contribution in [0.2, 0.25) is 0 Å². The molecule has 0 saturated heterocycles. The molecule has 0 fully saturated rings. The first-order valence-electron chi connectivity index (χ1n) is 9.75. The molecule has 0 atom stereocenters. The lowest BCUT2D eigenvalue weighted by Crippen LogP contribution is -2.20. The summed E-state index contributed by atoms with van der Waals surface area (Å²) in [4.78, 5) is 12.1. The number of ether oxygens (including phenoxy) is 1. The van der Waals surface area contributed by atoms with E-state index in [0.717, 1.165) is 29.1 Å². The molecular formula is C22H25N5O2S. The molecule has 0 unspecified atom stereocenters. The van der Waals surface area contributed by atoms with Crippen molar-refractivity contribution in [1.29, 1.82) is 0 Å². The first-order chi connectivity index (χ1) is 14.6. The van der Waals surface area contributed by atoms with E-state index in [0.29, 0.717) is 11.7 Å². The van der Waals surface area contributed by atoms with Gasteiger partial charge in [-0.3, -0.25) is 4.79 Å². The standard InChI is InChI=1S/C22H25N5O2S/c1-4-16-6-8-17(9-7-16)14-23-24-20(28)15-30-22-26-25-21(27(22)5-2)18-10-12-19(29-3)13-11-18/h6-14H,4-5,15H2,1-3H3,(H,24,28)/b23-14-. The number of hydrogen-bond acceptors (Lipinski definition) is 6. The molecular weight excluding hydrogens is 398 g/mol. The summed E-state index contributed by atoms with van der Waals surface area (Å²) in [6.07, 6.45) is 2.63. The fourth-order valence-electron chi connectivity index (χ4n) is 2.81. The molecule has 0 bridgehead atoms. The van der Waals surface area contributed by atoms with Gasteiger partial charge in [0.1, 0.15) is 5.75 Å². The average Bonchev–Trinajstić information content (AvgIpc) is 3.21. The summed E-state index contributed by atoms with van der Waals surface area (Å²) >= 11 is 1.33. The Morgan fingerprint density at radius 2 is 1.87 bits per heavy atom. The Morgan fingerprint density at radius 1 is 1.13 bits per heavy atom. The quantitative estimate of drug-likeness (QED) is 0.322. The van der Waals surface area contributed by atoms with Gasteiger partial charge in [-0.2, -0.15) is 5.10 Å². The molecule has 1 aromatic heterocycles. The molecule has 156 valence electrons. The summed E-state index contributed by atoms with van der Waals surface area (Å²) < 4.78 is 7.18. The SMILES string of the molecule is CCc1ccc(/C=N\NC(=O)CSc2nnc(-c3ccc(OC)cc3)n2CC)cc1. The maximum atomic E-state index is 12.1. The van der Waals surface area contributed by atoms with Crippen molar-refractivity contribution in [2.75, 3.05) is 12.9 Å². The molecule has 0 saturated carbocycles. The van der Waals surface area contributed by atoms with E-state index in [9.17, 15) is 4.79 Å². The van der Waals surface area contributed by atoms with Crippen LogP contribution in [0.25, 0.3) is 11.4 Å². The summed E-state index contributed by atoms with van der Waals surface area (Å²) in [6, 6.07) is 15.7. The third kappa shape index (κ3) is 5.48. The van der Waals surface area contributed by atoms with Crippen molar-refractivity contribution >= 4 is 23.9 Å². The number of rotatable bonds is 9. The second kappa shape index (κ2) is 10.6. The number of aryl methyl sites for hydroxylation is 1. The molecule has 2 aromatic carbocycles. The van der Waals surface area contributed by atoms with Gasteiger partial charge in [-0.1, -0.05) is 43.0 Å². The highest BCUT2D eigenvalue weighted by Gasteiger charge is 2.14. The predicted octanol–water partition coefficient (Wildman–Crippen LogP) is 3.78. The van der Waals surface area contributed by atoms with Crippen molar-refractivity contribution in [2.24, 2.45) is 5.10 Å². The van der Waals surface area contributed by atoms with E-state index in [2.05, 4.69) is 39.8 Å². The van der Waals surface area contributed by atoms with E-state index in [1.165, 1.54) is 17.3 Å². The molecule has 1 N–H and O–H groups in total. The zero-order valence-electron chi connectivity index (χ0n) is 17.3. The van der Waals surface area contributed by atoms with Gasteiger partial charge in [-0.15, -0.1) is 10.2 Å². The summed E-state index contributed by atoms with van der Waals surface area (Å²) in [6.45, 7) is 4.83. The first kappa shape index (κ1) is 21.6. The van der Waals surface area contributed by atoms with Gasteiger partial charge in [0, 0.05) is 12.1 Å². The Labute approximate surface area is 180 Å². The summed E-state index contributed by atoms with van der Waals surface area (Å²) in [5.74, 6) is 1.55. The van der Waals surface area contributed by atoms with Gasteiger partial charge in [-0.25, -0.2) is 5.43 Å². The summed E-state index contributed by atoms with van der Waals surface area (Å²) in [5, 5.41) is 13.3. The van der Waals surface area contributed by atoms with Gasteiger partial charge < -0.3 is 9.30 Å². The number of amides is 1. The topological polar surface area (TPSA) is 81.4 Å². The lowest BCUT2D eigenvalue weighted by Gasteiger charge is -2.07. The van der Waals surface area contributed by atoms with Gasteiger partial charge in [0.2, 0.25) is 0 Å². The molecule has 30 heavy (non-hydrogen) atoms. The predicted molar refractivity (Wildman–Crippen MR) is 120 cm³/mol. The molecule has 3 rings (SSSR count). The Balaban J connectivity index is 1.57. The number of hydrogen-bond donors (Lipinski definition) is 1. The number of benzene rings is 2. The second-order valence-corrected chi connectivity index (χ2v) is 7.40. The minimum atomic E-state index is -0.196. The van der Waals surface area contributed by atoms with Crippen molar-refractivity contribution in [1.82, 2.24) is 20.2 Å². The minimum absolute atomic E-state index is 0.196. The lowest BCUT2D eigenvalue weighted by atomic mass is 10.1. The van der Waals surface area contributed by atoms with Crippen LogP contribution < -0.4 is 10.2 Å². The van der Waals surface area contributed by atoms with Gasteiger partial charge in [-0.05, 0) is 48.7 Å². The molecule has 1 amide bonds. The molecule has 7 nitrogen and oxygen atoms in total. The van der Waals surface area contributed by atoms with E-state index in [1.54, 1.807) is 13.3 Å². The third-order valence-corrected chi connectivity index (χ3v) is 5.47. The van der Waals surface area contributed by atoms with Crippen LogP contribution in [0.3, 0.4) is 0 Å². The number of carbonyl (C=O) groups is 1. The Hall–Kier alpha value is -3.13. The van der Waals surface area contributed by atoms with Gasteiger partial charge in [0.15, 0.2) is 11.0 Å². The van der Waals surface area contributed by atoms with E-state index >= 15 is 0 Å². The zero-order valence-corrected chi connectivity index (χ0v) is 18.1. The van der Waals surface area contributed by atoms with E-state index in [4.69, 9.17) is 4.74 Å². The minimum Gasteiger partial charge on any atom is -0.497 e. The molecule has 0 aliphatic carbocycles. The number of nitrogens with zero attached hydrogens (tertiary/aromatic N) is 4. The average molecular weight is 424 g/mol. The fraction of sp³-hybridized carbons (Fsp3) is 0.273. The van der Waals surface area contributed by atoms with Gasteiger partial charge >= 0.3 is 0 Å². The third-order valence-electron chi connectivity index (χ3n) is 4.50. The van der Waals surface area contributed by atoms with Crippen LogP contribution in [0.1, 0.15) is 25.0 Å². The van der Waals surface area contributed by atoms with E-state index < -0.39 is 0 Å².